The maximum absolute atomic E-state index is 6.71. The predicted octanol–water partition coefficient (Wildman–Crippen LogP) is 14.7. The molecule has 6 aromatic carbocycles. The number of hydrogen-bond donors (Lipinski definition) is 0. The van der Waals surface area contributed by atoms with E-state index < -0.39 is 0 Å². The number of fused-ring (bicyclic) bond motifs is 5. The zero-order valence-corrected chi connectivity index (χ0v) is 39.7. The van der Waals surface area contributed by atoms with Crippen LogP contribution in [-0.4, -0.2) is 38.7 Å². The van der Waals surface area contributed by atoms with E-state index >= 15 is 0 Å². The molecule has 0 saturated heterocycles. The lowest BCUT2D eigenvalue weighted by molar-refractivity contribution is 0.482. The zero-order chi connectivity index (χ0) is 47.6. The van der Waals surface area contributed by atoms with Crippen LogP contribution in [0.1, 0.15) is 33.4 Å². The summed E-state index contributed by atoms with van der Waals surface area (Å²) < 4.78 is 21.6. The van der Waals surface area contributed by atoms with Crippen LogP contribution < -0.4 is 9.47 Å². The minimum atomic E-state index is 0.683. The quantitative estimate of drug-likeness (QED) is 0.136. The molecule has 0 bridgehead atoms. The Morgan fingerprint density at radius 1 is 0.386 bits per heavy atom. The molecule has 0 aliphatic carbocycles. The first-order valence-corrected chi connectivity index (χ1v) is 23.4. The lowest BCUT2D eigenvalue weighted by Crippen LogP contribution is -1.99. The zero-order valence-electron chi connectivity index (χ0n) is 39.7. The van der Waals surface area contributed by atoms with Crippen molar-refractivity contribution < 1.29 is 9.47 Å². The summed E-state index contributed by atoms with van der Waals surface area (Å²) in [4.78, 5) is 10.3. The second kappa shape index (κ2) is 16.9. The van der Waals surface area contributed by atoms with Crippen molar-refractivity contribution in [2.45, 2.75) is 41.5 Å². The summed E-state index contributed by atoms with van der Waals surface area (Å²) in [5.41, 5.74) is 17.6. The molecule has 0 atom stereocenters. The maximum atomic E-state index is 6.71. The van der Waals surface area contributed by atoms with Crippen LogP contribution in [0.2, 0.25) is 0 Å². The average Bonchev–Trinajstić information content (AvgIpc) is 4.18. The molecule has 6 heterocycles. The molecule has 0 aliphatic heterocycles. The number of pyridine rings is 2. The van der Waals surface area contributed by atoms with Crippen molar-refractivity contribution in [3.8, 4) is 68.3 Å². The topological polar surface area (TPSA) is 89.7 Å². The molecular weight excluding hydrogens is 865 g/mol. The van der Waals surface area contributed by atoms with Crippen LogP contribution in [0, 0.1) is 41.5 Å². The summed E-state index contributed by atoms with van der Waals surface area (Å²) in [5.74, 6) is 4.31. The number of aromatic nitrogens is 8. The Labute approximate surface area is 405 Å². The highest BCUT2D eigenvalue weighted by molar-refractivity contribution is 6.20. The molecule has 6 aromatic heterocycles. The van der Waals surface area contributed by atoms with Gasteiger partial charge in [-0.05, 0) is 171 Å². The Hall–Kier alpha value is -9.02. The van der Waals surface area contributed by atoms with Crippen molar-refractivity contribution in [2.24, 2.45) is 0 Å². The van der Waals surface area contributed by atoms with Crippen LogP contribution in [0.15, 0.2) is 183 Å². The average molecular weight is 913 g/mol. The summed E-state index contributed by atoms with van der Waals surface area (Å²) in [6, 6.07) is 50.0. The summed E-state index contributed by atoms with van der Waals surface area (Å²) in [6.07, 6.45) is 11.2. The molecular formula is C60H48N8O2. The molecule has 70 heavy (non-hydrogen) atoms. The molecule has 12 rings (SSSR count). The van der Waals surface area contributed by atoms with E-state index in [1.807, 2.05) is 107 Å². The van der Waals surface area contributed by atoms with E-state index in [9.17, 15) is 0 Å². The van der Waals surface area contributed by atoms with E-state index in [4.69, 9.17) is 19.4 Å². The van der Waals surface area contributed by atoms with Crippen LogP contribution in [0.25, 0.3) is 78.1 Å². The van der Waals surface area contributed by atoms with Crippen molar-refractivity contribution in [1.82, 2.24) is 38.7 Å². The molecule has 12 aromatic rings. The van der Waals surface area contributed by atoms with Crippen molar-refractivity contribution in [2.75, 3.05) is 0 Å². The van der Waals surface area contributed by atoms with Gasteiger partial charge in [0.1, 0.15) is 34.6 Å². The van der Waals surface area contributed by atoms with Crippen LogP contribution in [0.5, 0.6) is 23.0 Å². The molecule has 0 spiro atoms. The Bertz CT molecular complexity index is 3670. The first kappa shape index (κ1) is 42.3. The molecule has 340 valence electrons. The molecule has 0 fully saturated rings. The number of benzene rings is 6. The largest absolute Gasteiger partial charge is 0.457 e. The molecule has 0 N–H and O–H groups in total. The fraction of sp³-hybridized carbons (Fsp3) is 0.100. The van der Waals surface area contributed by atoms with Gasteiger partial charge in [0.25, 0.3) is 0 Å². The van der Waals surface area contributed by atoms with Crippen molar-refractivity contribution in [1.29, 1.82) is 0 Å². The van der Waals surface area contributed by atoms with Gasteiger partial charge in [0.2, 0.25) is 0 Å². The van der Waals surface area contributed by atoms with E-state index in [0.717, 1.165) is 67.0 Å². The van der Waals surface area contributed by atoms with Gasteiger partial charge in [0.05, 0.1) is 33.4 Å². The van der Waals surface area contributed by atoms with E-state index in [1.54, 1.807) is 12.4 Å². The van der Waals surface area contributed by atoms with Gasteiger partial charge >= 0.3 is 0 Å². The molecule has 0 unspecified atom stereocenters. The van der Waals surface area contributed by atoms with E-state index in [1.165, 1.54) is 44.5 Å². The Kier molecular flexibility index (Phi) is 10.2. The number of nitrogens with zero attached hydrogens (tertiary/aromatic N) is 8. The van der Waals surface area contributed by atoms with E-state index in [2.05, 4.69) is 134 Å². The summed E-state index contributed by atoms with van der Waals surface area (Å²) in [7, 11) is 0. The van der Waals surface area contributed by atoms with Gasteiger partial charge in [-0.25, -0.2) is 19.3 Å². The van der Waals surface area contributed by atoms with Gasteiger partial charge in [-0.3, -0.25) is 9.13 Å². The van der Waals surface area contributed by atoms with Crippen LogP contribution >= 0.6 is 0 Å². The Morgan fingerprint density at radius 2 is 0.800 bits per heavy atom. The fourth-order valence-electron chi connectivity index (χ4n) is 10.5. The number of aryl methyl sites for hydroxylation is 6. The highest BCUT2D eigenvalue weighted by Crippen LogP contribution is 2.44. The van der Waals surface area contributed by atoms with Crippen LogP contribution in [0.3, 0.4) is 0 Å². The summed E-state index contributed by atoms with van der Waals surface area (Å²) >= 11 is 0. The lowest BCUT2D eigenvalue weighted by Gasteiger charge is -2.15. The van der Waals surface area contributed by atoms with Crippen molar-refractivity contribution in [3.05, 3.63) is 216 Å². The maximum Gasteiger partial charge on any atom is 0.138 e. The van der Waals surface area contributed by atoms with Gasteiger partial charge in [-0.2, -0.15) is 10.2 Å². The van der Waals surface area contributed by atoms with Crippen LogP contribution in [-0.2, 0) is 0 Å². The smallest absolute Gasteiger partial charge is 0.138 e. The SMILES string of the molecule is Cc1cc(C)c(-c2ccnc(-n3c4cc(Oc5cccc(-n6cccn6)c5)ccc4c4c3c3ccc(Oc5cccc(-n6cccn6)c5)cc3n4-c3cc(-c4c(C)cc(C)cc4C)ccn3)c2)c(C)c1. The number of ether oxygens (including phenoxy) is 2. The Morgan fingerprint density at radius 3 is 1.20 bits per heavy atom. The molecule has 0 radical (unpaired) electrons. The standard InChI is InChI=1S/C60H48N8O2/c1-37-27-39(3)57(40(4)28-37)43-19-23-61-55(31-43)67-53-35-49(69-47-13-7-11-45(33-47)65-25-9-21-63-65)15-17-51(53)60-59(67)52-18-16-50(70-48-14-8-12-46(34-48)66-26-10-22-64-66)36-54(52)68(60)56-32-44(20-24-62-56)58-41(5)29-38(2)30-42(58)6/h7-36H,1-6H3. The molecule has 0 aliphatic rings. The highest BCUT2D eigenvalue weighted by atomic mass is 16.5. The first-order valence-electron chi connectivity index (χ1n) is 23.4. The number of hydrogen-bond acceptors (Lipinski definition) is 6. The minimum absolute atomic E-state index is 0.683. The van der Waals surface area contributed by atoms with Gasteiger partial charge in [0.15, 0.2) is 0 Å². The van der Waals surface area contributed by atoms with Crippen molar-refractivity contribution >= 4 is 32.8 Å². The Balaban J connectivity index is 1.11. The number of rotatable bonds is 10. The molecule has 10 heteroatoms. The normalized spacial score (nSPS) is 11.6. The first-order chi connectivity index (χ1) is 34.1. The molecule has 0 amide bonds. The lowest BCUT2D eigenvalue weighted by atomic mass is 9.94. The summed E-state index contributed by atoms with van der Waals surface area (Å²) in [5, 5.41) is 10.9. The third-order valence-electron chi connectivity index (χ3n) is 13.1. The summed E-state index contributed by atoms with van der Waals surface area (Å²) in [6.45, 7) is 13.0. The van der Waals surface area contributed by atoms with Gasteiger partial charge < -0.3 is 9.47 Å². The third kappa shape index (κ3) is 7.46. The van der Waals surface area contributed by atoms with Crippen molar-refractivity contribution in [3.63, 3.8) is 0 Å². The van der Waals surface area contributed by atoms with Gasteiger partial charge in [-0.15, -0.1) is 0 Å². The van der Waals surface area contributed by atoms with E-state index in [0.29, 0.717) is 23.0 Å². The third-order valence-corrected chi connectivity index (χ3v) is 13.1. The van der Waals surface area contributed by atoms with E-state index in [-0.39, 0.29) is 0 Å². The molecule has 0 saturated carbocycles. The minimum Gasteiger partial charge on any atom is -0.457 e. The predicted molar refractivity (Wildman–Crippen MR) is 280 cm³/mol. The van der Waals surface area contributed by atoms with Crippen LogP contribution in [0.4, 0.5) is 0 Å². The molecule has 10 nitrogen and oxygen atoms in total. The highest BCUT2D eigenvalue weighted by Gasteiger charge is 2.25. The van der Waals surface area contributed by atoms with Gasteiger partial charge in [-0.1, -0.05) is 47.5 Å². The van der Waals surface area contributed by atoms with Gasteiger partial charge in [0, 0.05) is 72.2 Å². The second-order valence-electron chi connectivity index (χ2n) is 18.2. The second-order valence-corrected chi connectivity index (χ2v) is 18.2. The monoisotopic (exact) mass is 912 g/mol. The fourth-order valence-corrected chi connectivity index (χ4v) is 10.5.